The predicted octanol–water partition coefficient (Wildman–Crippen LogP) is 3.43. The summed E-state index contributed by atoms with van der Waals surface area (Å²) in [6, 6.07) is 24.6. The van der Waals surface area contributed by atoms with Crippen molar-refractivity contribution < 1.29 is 5.11 Å². The number of aliphatic hydroxyl groups is 1. The first kappa shape index (κ1) is 17.7. The number of hydrogen-bond donors (Lipinski definition) is 2. The lowest BCUT2D eigenvalue weighted by Gasteiger charge is -2.35. The first-order valence-electron chi connectivity index (χ1n) is 8.29. The molecule has 128 valence electrons. The van der Waals surface area contributed by atoms with Crippen LogP contribution in [0.15, 0.2) is 85.2 Å². The number of aliphatic hydroxyl groups excluding tert-OH is 1. The zero-order chi connectivity index (χ0) is 17.5. The van der Waals surface area contributed by atoms with Gasteiger partial charge in [0.15, 0.2) is 0 Å². The summed E-state index contributed by atoms with van der Waals surface area (Å²) >= 11 is 1.74. The molecule has 3 aromatic rings. The molecule has 1 aromatic heterocycles. The van der Waals surface area contributed by atoms with E-state index >= 15 is 0 Å². The van der Waals surface area contributed by atoms with Crippen molar-refractivity contribution in [2.45, 2.75) is 10.8 Å². The average Bonchev–Trinajstić information content (AvgIpc) is 2.71. The Labute approximate surface area is 152 Å². The second kappa shape index (κ2) is 8.30. The van der Waals surface area contributed by atoms with E-state index < -0.39 is 4.75 Å². The van der Waals surface area contributed by atoms with Gasteiger partial charge < -0.3 is 10.8 Å². The molecule has 0 aliphatic rings. The first-order chi connectivity index (χ1) is 12.3. The van der Waals surface area contributed by atoms with Crippen LogP contribution in [0.4, 0.5) is 0 Å². The van der Waals surface area contributed by atoms with Gasteiger partial charge in [0.2, 0.25) is 0 Å². The Balaban J connectivity index is 2.20. The van der Waals surface area contributed by atoms with Gasteiger partial charge in [-0.1, -0.05) is 66.7 Å². The third-order valence-electron chi connectivity index (χ3n) is 4.18. The van der Waals surface area contributed by atoms with E-state index in [-0.39, 0.29) is 12.6 Å². The molecule has 4 heteroatoms. The summed E-state index contributed by atoms with van der Waals surface area (Å²) < 4.78 is -0.427. The minimum atomic E-state index is -0.427. The van der Waals surface area contributed by atoms with E-state index in [2.05, 4.69) is 59.6 Å². The second-order valence-corrected chi connectivity index (χ2v) is 7.14. The lowest BCUT2D eigenvalue weighted by molar-refractivity contribution is 0.275. The van der Waals surface area contributed by atoms with E-state index in [1.165, 1.54) is 11.1 Å². The molecule has 0 unspecified atom stereocenters. The van der Waals surface area contributed by atoms with Gasteiger partial charge in [0, 0.05) is 24.2 Å². The Morgan fingerprint density at radius 3 is 1.92 bits per heavy atom. The molecule has 1 heterocycles. The monoisotopic (exact) mass is 350 g/mol. The largest absolute Gasteiger partial charge is 0.395 e. The standard InChI is InChI=1S/C21H22N2OS/c22-20(15-24)16-25-21(17-8-3-1-4-9-17,18-10-5-2-6-11-18)19-12-7-13-23-14-19/h1-14,20,24H,15-16,22H2/t20-/m1/s1. The maximum Gasteiger partial charge on any atom is 0.0922 e. The highest BCUT2D eigenvalue weighted by Gasteiger charge is 2.37. The highest BCUT2D eigenvalue weighted by molar-refractivity contribution is 8.00. The van der Waals surface area contributed by atoms with Crippen molar-refractivity contribution in [3.63, 3.8) is 0 Å². The van der Waals surface area contributed by atoms with Gasteiger partial charge in [-0.3, -0.25) is 4.98 Å². The lowest BCUT2D eigenvalue weighted by Crippen LogP contribution is -2.32. The smallest absolute Gasteiger partial charge is 0.0922 e. The van der Waals surface area contributed by atoms with Crippen molar-refractivity contribution in [2.75, 3.05) is 12.4 Å². The number of benzene rings is 2. The van der Waals surface area contributed by atoms with Crippen molar-refractivity contribution in [1.82, 2.24) is 4.98 Å². The normalized spacial score (nSPS) is 12.7. The summed E-state index contributed by atoms with van der Waals surface area (Å²) in [6.07, 6.45) is 3.70. The average molecular weight is 350 g/mol. The van der Waals surface area contributed by atoms with Crippen LogP contribution in [0.2, 0.25) is 0 Å². The molecule has 0 saturated carbocycles. The molecule has 0 spiro atoms. The fourth-order valence-electron chi connectivity index (χ4n) is 2.95. The molecule has 0 saturated heterocycles. The van der Waals surface area contributed by atoms with Crippen LogP contribution in [-0.4, -0.2) is 28.5 Å². The highest BCUT2D eigenvalue weighted by Crippen LogP contribution is 2.48. The molecule has 0 radical (unpaired) electrons. The summed E-state index contributed by atoms with van der Waals surface area (Å²) in [6.45, 7) is -0.0281. The molecule has 3 N–H and O–H groups in total. The molecule has 25 heavy (non-hydrogen) atoms. The van der Waals surface area contributed by atoms with Crippen LogP contribution < -0.4 is 5.73 Å². The summed E-state index contributed by atoms with van der Waals surface area (Å²) in [4.78, 5) is 4.35. The molecular weight excluding hydrogens is 328 g/mol. The van der Waals surface area contributed by atoms with E-state index in [0.29, 0.717) is 5.75 Å². The Hall–Kier alpha value is -2.14. The van der Waals surface area contributed by atoms with Crippen molar-refractivity contribution >= 4 is 11.8 Å². The van der Waals surface area contributed by atoms with Gasteiger partial charge in [-0.25, -0.2) is 0 Å². The molecule has 3 rings (SSSR count). The lowest BCUT2D eigenvalue weighted by atomic mass is 9.85. The molecule has 0 aliphatic carbocycles. The number of rotatable bonds is 7. The zero-order valence-electron chi connectivity index (χ0n) is 14.0. The number of aromatic nitrogens is 1. The van der Waals surface area contributed by atoms with E-state index in [9.17, 15) is 5.11 Å². The topological polar surface area (TPSA) is 59.1 Å². The van der Waals surface area contributed by atoms with Crippen LogP contribution in [0.5, 0.6) is 0 Å². The summed E-state index contributed by atoms with van der Waals surface area (Å²) in [5.41, 5.74) is 9.47. The van der Waals surface area contributed by atoms with E-state index in [1.807, 2.05) is 24.4 Å². The quantitative estimate of drug-likeness (QED) is 0.685. The maximum atomic E-state index is 9.39. The Morgan fingerprint density at radius 2 is 1.44 bits per heavy atom. The second-order valence-electron chi connectivity index (χ2n) is 5.91. The fourth-order valence-corrected chi connectivity index (χ4v) is 4.41. The van der Waals surface area contributed by atoms with Gasteiger partial charge in [0.05, 0.1) is 11.4 Å². The zero-order valence-corrected chi connectivity index (χ0v) is 14.8. The third kappa shape index (κ3) is 3.76. The molecule has 3 nitrogen and oxygen atoms in total. The van der Waals surface area contributed by atoms with Crippen molar-refractivity contribution in [3.8, 4) is 0 Å². The molecule has 0 fully saturated rings. The van der Waals surface area contributed by atoms with Crippen molar-refractivity contribution in [2.24, 2.45) is 5.73 Å². The molecule has 1 atom stereocenters. The third-order valence-corrected chi connectivity index (χ3v) is 5.91. The van der Waals surface area contributed by atoms with Crippen molar-refractivity contribution in [3.05, 3.63) is 102 Å². The van der Waals surface area contributed by atoms with Crippen LogP contribution in [0.1, 0.15) is 16.7 Å². The number of nitrogens with two attached hydrogens (primary N) is 1. The van der Waals surface area contributed by atoms with Gasteiger partial charge in [-0.05, 0) is 22.8 Å². The highest BCUT2D eigenvalue weighted by atomic mass is 32.2. The van der Waals surface area contributed by atoms with Crippen LogP contribution in [-0.2, 0) is 4.75 Å². The molecule has 0 aliphatic heterocycles. The molecule has 0 bridgehead atoms. The number of thioether (sulfide) groups is 1. The summed E-state index contributed by atoms with van der Waals surface area (Å²) in [5, 5.41) is 9.39. The predicted molar refractivity (Wildman–Crippen MR) is 105 cm³/mol. The van der Waals surface area contributed by atoms with E-state index in [4.69, 9.17) is 5.73 Å². The van der Waals surface area contributed by atoms with Gasteiger partial charge in [0.25, 0.3) is 0 Å². The van der Waals surface area contributed by atoms with Crippen LogP contribution in [0.25, 0.3) is 0 Å². The molecular formula is C21H22N2OS. The minimum Gasteiger partial charge on any atom is -0.395 e. The van der Waals surface area contributed by atoms with Gasteiger partial charge in [-0.2, -0.15) is 0 Å². The fraction of sp³-hybridized carbons (Fsp3) is 0.190. The summed E-state index contributed by atoms with van der Waals surface area (Å²) in [7, 11) is 0. The van der Waals surface area contributed by atoms with Crippen LogP contribution >= 0.6 is 11.8 Å². The maximum absolute atomic E-state index is 9.39. The number of hydrogen-bond acceptors (Lipinski definition) is 4. The minimum absolute atomic E-state index is 0.0281. The molecule has 0 amide bonds. The number of nitrogens with zero attached hydrogens (tertiary/aromatic N) is 1. The van der Waals surface area contributed by atoms with E-state index in [1.54, 1.807) is 18.0 Å². The van der Waals surface area contributed by atoms with Gasteiger partial charge in [0.1, 0.15) is 0 Å². The SMILES string of the molecule is N[C@H](CO)CSC(c1ccccc1)(c1ccccc1)c1cccnc1. The van der Waals surface area contributed by atoms with Gasteiger partial charge in [-0.15, -0.1) is 11.8 Å². The molecule has 2 aromatic carbocycles. The number of pyridine rings is 1. The first-order valence-corrected chi connectivity index (χ1v) is 9.28. The van der Waals surface area contributed by atoms with Crippen LogP contribution in [0, 0.1) is 0 Å². The van der Waals surface area contributed by atoms with Gasteiger partial charge >= 0.3 is 0 Å². The Morgan fingerprint density at radius 1 is 0.880 bits per heavy atom. The van der Waals surface area contributed by atoms with E-state index in [0.717, 1.165) is 5.56 Å². The summed E-state index contributed by atoms with van der Waals surface area (Å²) in [5.74, 6) is 0.634. The van der Waals surface area contributed by atoms with Crippen LogP contribution in [0.3, 0.4) is 0 Å². The van der Waals surface area contributed by atoms with Crippen molar-refractivity contribution in [1.29, 1.82) is 0 Å². The Bertz CT molecular complexity index is 669. The Kier molecular flexibility index (Phi) is 5.87.